The highest BCUT2D eigenvalue weighted by Crippen LogP contribution is 2.29. The fourth-order valence-corrected chi connectivity index (χ4v) is 1.51. The largest absolute Gasteiger partial charge is 0.337 e. The zero-order valence-electron chi connectivity index (χ0n) is 9.90. The summed E-state index contributed by atoms with van der Waals surface area (Å²) >= 11 is 0. The van der Waals surface area contributed by atoms with Crippen LogP contribution in [0.4, 0.5) is 17.3 Å². The predicted octanol–water partition coefficient (Wildman–Crippen LogP) is 2.29. The number of hydrogen-bond acceptors (Lipinski definition) is 7. The van der Waals surface area contributed by atoms with Crippen LogP contribution in [0.1, 0.15) is 5.56 Å². The summed E-state index contributed by atoms with van der Waals surface area (Å²) in [6.45, 7) is 1.74. The van der Waals surface area contributed by atoms with E-state index in [0.717, 1.165) is 0 Å². The fraction of sp³-hybridized carbons (Fsp3) is 0.0909. The molecule has 2 aromatic rings. The highest BCUT2D eigenvalue weighted by molar-refractivity contribution is 5.70. The average molecular weight is 262 g/mol. The molecule has 1 aromatic heterocycles. The second kappa shape index (κ2) is 5.27. The molecule has 0 unspecified atom stereocenters. The molecule has 0 amide bonds. The van der Waals surface area contributed by atoms with Crippen molar-refractivity contribution in [2.75, 3.05) is 5.32 Å². The molecule has 8 heteroatoms. The highest BCUT2D eigenvalue weighted by atomic mass is 17.1. The Labute approximate surface area is 107 Å². The van der Waals surface area contributed by atoms with Crippen molar-refractivity contribution >= 4 is 17.3 Å². The monoisotopic (exact) mass is 262 g/mol. The molecule has 19 heavy (non-hydrogen) atoms. The van der Waals surface area contributed by atoms with Crippen molar-refractivity contribution < 1.29 is 15.1 Å². The van der Waals surface area contributed by atoms with Crippen molar-refractivity contribution in [1.29, 1.82) is 0 Å². The summed E-state index contributed by atoms with van der Waals surface area (Å²) in [5.41, 5.74) is 0.955. The van der Waals surface area contributed by atoms with Crippen molar-refractivity contribution in [3.63, 3.8) is 0 Å². The smallest absolute Gasteiger partial charge is 0.293 e. The maximum Gasteiger partial charge on any atom is 0.293 e. The van der Waals surface area contributed by atoms with Crippen LogP contribution in [0, 0.1) is 17.0 Å². The number of hydrogen-bond donors (Lipinski definition) is 2. The lowest BCUT2D eigenvalue weighted by molar-refractivity contribution is -0.384. The van der Waals surface area contributed by atoms with Crippen molar-refractivity contribution in [3.05, 3.63) is 46.3 Å². The van der Waals surface area contributed by atoms with Crippen LogP contribution in [0.5, 0.6) is 5.75 Å². The number of aryl methyl sites for hydroxylation is 1. The van der Waals surface area contributed by atoms with Gasteiger partial charge < -0.3 is 10.2 Å². The van der Waals surface area contributed by atoms with Crippen LogP contribution in [0.15, 0.2) is 30.6 Å². The third-order valence-electron chi connectivity index (χ3n) is 2.42. The first-order chi connectivity index (χ1) is 9.11. The summed E-state index contributed by atoms with van der Waals surface area (Å²) in [6.07, 6.45) is 2.47. The Balaban J connectivity index is 2.34. The Kier molecular flexibility index (Phi) is 3.53. The first-order valence-corrected chi connectivity index (χ1v) is 5.26. The van der Waals surface area contributed by atoms with Crippen molar-refractivity contribution in [3.8, 4) is 5.75 Å². The molecule has 98 valence electrons. The lowest BCUT2D eigenvalue weighted by Crippen LogP contribution is -2.02. The lowest BCUT2D eigenvalue weighted by Gasteiger charge is -2.08. The standard InChI is InChI=1S/C11H10N4O4/c1-7-3-2-4-9(15(16)17)10(7)14-11-12-5-8(19-18)6-13-11/h2-6,18H,1H3,(H,12,13,14). The Morgan fingerprint density at radius 1 is 1.37 bits per heavy atom. The molecule has 8 nitrogen and oxygen atoms in total. The van der Waals surface area contributed by atoms with Crippen molar-refractivity contribution in [2.45, 2.75) is 6.92 Å². The van der Waals surface area contributed by atoms with E-state index in [2.05, 4.69) is 20.2 Å². The van der Waals surface area contributed by atoms with Crippen molar-refractivity contribution in [1.82, 2.24) is 9.97 Å². The number of nitrogens with zero attached hydrogens (tertiary/aromatic N) is 3. The molecule has 0 saturated heterocycles. The molecule has 1 heterocycles. The maximum absolute atomic E-state index is 10.9. The molecule has 2 N–H and O–H groups in total. The summed E-state index contributed by atoms with van der Waals surface area (Å²) in [7, 11) is 0. The fourth-order valence-electron chi connectivity index (χ4n) is 1.51. The van der Waals surface area contributed by atoms with Gasteiger partial charge in [0, 0.05) is 6.07 Å². The molecular formula is C11H10N4O4. The first-order valence-electron chi connectivity index (χ1n) is 5.26. The van der Waals surface area contributed by atoms with Gasteiger partial charge in [-0.3, -0.25) is 10.1 Å². The van der Waals surface area contributed by atoms with Crippen LogP contribution in [0.3, 0.4) is 0 Å². The number of nitro groups is 1. The number of nitro benzene ring substituents is 1. The molecule has 2 rings (SSSR count). The molecule has 1 aromatic carbocycles. The van der Waals surface area contributed by atoms with Gasteiger partial charge in [-0.25, -0.2) is 15.2 Å². The minimum absolute atomic E-state index is 0.0638. The van der Waals surface area contributed by atoms with Crippen LogP contribution in [0.25, 0.3) is 0 Å². The summed E-state index contributed by atoms with van der Waals surface area (Å²) < 4.78 is 0. The van der Waals surface area contributed by atoms with E-state index >= 15 is 0 Å². The highest BCUT2D eigenvalue weighted by Gasteiger charge is 2.16. The number of anilines is 2. The van der Waals surface area contributed by atoms with E-state index in [1.54, 1.807) is 19.1 Å². The van der Waals surface area contributed by atoms with Crippen LogP contribution in [-0.2, 0) is 0 Å². The van der Waals surface area contributed by atoms with Gasteiger partial charge in [0.15, 0.2) is 0 Å². The molecule has 0 saturated carbocycles. The van der Waals surface area contributed by atoms with E-state index in [4.69, 9.17) is 5.26 Å². The third-order valence-corrected chi connectivity index (χ3v) is 2.42. The van der Waals surface area contributed by atoms with E-state index in [1.807, 2.05) is 0 Å². The number of aromatic nitrogens is 2. The Hall–Kier alpha value is -2.74. The molecule has 0 aliphatic heterocycles. The van der Waals surface area contributed by atoms with Gasteiger partial charge in [0.2, 0.25) is 11.7 Å². The minimum atomic E-state index is -0.486. The van der Waals surface area contributed by atoms with Crippen LogP contribution in [-0.4, -0.2) is 20.1 Å². The number of nitrogens with one attached hydrogen (secondary N) is 1. The van der Waals surface area contributed by atoms with Gasteiger partial charge in [-0.1, -0.05) is 12.1 Å². The van der Waals surface area contributed by atoms with E-state index in [0.29, 0.717) is 11.3 Å². The number of benzene rings is 1. The average Bonchev–Trinajstić information content (AvgIpc) is 2.41. The van der Waals surface area contributed by atoms with E-state index in [9.17, 15) is 10.1 Å². The number of rotatable bonds is 4. The van der Waals surface area contributed by atoms with Gasteiger partial charge in [0.1, 0.15) is 5.69 Å². The predicted molar refractivity (Wildman–Crippen MR) is 66.4 cm³/mol. The van der Waals surface area contributed by atoms with Gasteiger partial charge in [-0.05, 0) is 12.5 Å². The van der Waals surface area contributed by atoms with E-state index < -0.39 is 4.92 Å². The molecule has 0 aliphatic rings. The van der Waals surface area contributed by atoms with Gasteiger partial charge >= 0.3 is 0 Å². The normalized spacial score (nSPS) is 10.0. The lowest BCUT2D eigenvalue weighted by atomic mass is 10.1. The topological polar surface area (TPSA) is 110 Å². The summed E-state index contributed by atoms with van der Waals surface area (Å²) in [5.74, 6) is 0.239. The van der Waals surface area contributed by atoms with Crippen LogP contribution < -0.4 is 10.2 Å². The van der Waals surface area contributed by atoms with Crippen LogP contribution >= 0.6 is 0 Å². The molecular weight excluding hydrogens is 252 g/mol. The van der Waals surface area contributed by atoms with E-state index in [1.165, 1.54) is 18.5 Å². The maximum atomic E-state index is 10.9. The minimum Gasteiger partial charge on any atom is -0.337 e. The van der Waals surface area contributed by atoms with Gasteiger partial charge in [0.05, 0.1) is 17.3 Å². The number of para-hydroxylation sites is 1. The Morgan fingerprint density at radius 3 is 2.63 bits per heavy atom. The summed E-state index contributed by atoms with van der Waals surface area (Å²) in [6, 6.07) is 4.73. The molecule has 0 atom stereocenters. The Morgan fingerprint density at radius 2 is 2.05 bits per heavy atom. The second-order valence-electron chi connectivity index (χ2n) is 3.68. The zero-order valence-corrected chi connectivity index (χ0v) is 9.90. The molecule has 0 bridgehead atoms. The van der Waals surface area contributed by atoms with Crippen molar-refractivity contribution in [2.24, 2.45) is 0 Å². The first kappa shape index (κ1) is 12.7. The van der Waals surface area contributed by atoms with Gasteiger partial charge in [0.25, 0.3) is 5.69 Å². The third kappa shape index (κ3) is 2.75. The van der Waals surface area contributed by atoms with E-state index in [-0.39, 0.29) is 17.4 Å². The SMILES string of the molecule is Cc1cccc([N+](=O)[O-])c1Nc1ncc(OO)cn1. The summed E-state index contributed by atoms with van der Waals surface area (Å²) in [5, 5.41) is 22.1. The second-order valence-corrected chi connectivity index (χ2v) is 3.68. The summed E-state index contributed by atoms with van der Waals surface area (Å²) in [4.78, 5) is 22.1. The molecule has 0 spiro atoms. The molecule has 0 radical (unpaired) electrons. The quantitative estimate of drug-likeness (QED) is 0.494. The van der Waals surface area contributed by atoms with Crippen LogP contribution in [0.2, 0.25) is 0 Å². The van der Waals surface area contributed by atoms with Gasteiger partial charge in [-0.2, -0.15) is 0 Å². The Bertz CT molecular complexity index is 600. The molecule has 0 aliphatic carbocycles. The molecule has 0 fully saturated rings. The van der Waals surface area contributed by atoms with Gasteiger partial charge in [-0.15, -0.1) is 0 Å². The zero-order chi connectivity index (χ0) is 13.8.